The molecule has 2 rings (SSSR count). The molecule has 0 aromatic heterocycles. The number of ketones is 1. The van der Waals surface area contributed by atoms with E-state index in [1.165, 1.54) is 31.2 Å². The SMILES string of the molecule is Cc1cccc(CC(=O)C(C)(C)N2CCCCCC2)c1. The summed E-state index contributed by atoms with van der Waals surface area (Å²) in [5.74, 6) is 0.338. The molecule has 0 unspecified atom stereocenters. The molecule has 1 aliphatic rings. The summed E-state index contributed by atoms with van der Waals surface area (Å²) in [5, 5.41) is 0. The molecule has 0 aliphatic carbocycles. The Morgan fingerprint density at radius 2 is 1.80 bits per heavy atom. The zero-order chi connectivity index (χ0) is 14.6. The molecular weight excluding hydrogens is 246 g/mol. The van der Waals surface area contributed by atoms with Gasteiger partial charge in [-0.2, -0.15) is 0 Å². The third kappa shape index (κ3) is 3.69. The first-order valence-corrected chi connectivity index (χ1v) is 7.84. The van der Waals surface area contributed by atoms with Crippen molar-refractivity contribution in [1.29, 1.82) is 0 Å². The van der Waals surface area contributed by atoms with Crippen LogP contribution in [0.25, 0.3) is 0 Å². The molecule has 2 heteroatoms. The molecule has 2 nitrogen and oxygen atoms in total. The van der Waals surface area contributed by atoms with Crippen LogP contribution in [0.2, 0.25) is 0 Å². The van der Waals surface area contributed by atoms with Gasteiger partial charge in [0.1, 0.15) is 0 Å². The third-order valence-electron chi connectivity index (χ3n) is 4.53. The predicted octanol–water partition coefficient (Wildman–Crippen LogP) is 3.76. The highest BCUT2D eigenvalue weighted by Crippen LogP contribution is 2.22. The first-order chi connectivity index (χ1) is 9.50. The molecule has 0 bridgehead atoms. The molecule has 0 amide bonds. The van der Waals surface area contributed by atoms with Crippen LogP contribution < -0.4 is 0 Å². The van der Waals surface area contributed by atoms with Crippen molar-refractivity contribution in [2.45, 2.75) is 58.4 Å². The van der Waals surface area contributed by atoms with E-state index in [1.54, 1.807) is 0 Å². The minimum atomic E-state index is -0.339. The van der Waals surface area contributed by atoms with Crippen LogP contribution in [0.5, 0.6) is 0 Å². The Bertz CT molecular complexity index is 456. The number of Topliss-reactive ketones (excluding diaryl/α,β-unsaturated/α-hetero) is 1. The maximum absolute atomic E-state index is 12.7. The standard InChI is InChI=1S/C18H27NO/c1-15-9-8-10-16(13-15)14-17(20)18(2,3)19-11-6-4-5-7-12-19/h8-10,13H,4-7,11-12,14H2,1-3H3. The van der Waals surface area contributed by atoms with Crippen molar-refractivity contribution in [3.63, 3.8) is 0 Å². The van der Waals surface area contributed by atoms with Gasteiger partial charge in [-0.1, -0.05) is 42.7 Å². The topological polar surface area (TPSA) is 20.3 Å². The fourth-order valence-corrected chi connectivity index (χ4v) is 3.03. The lowest BCUT2D eigenvalue weighted by Crippen LogP contribution is -2.51. The van der Waals surface area contributed by atoms with Crippen LogP contribution >= 0.6 is 0 Å². The van der Waals surface area contributed by atoms with Crippen molar-refractivity contribution in [1.82, 2.24) is 4.90 Å². The molecule has 1 heterocycles. The normalized spacial score (nSPS) is 17.8. The molecule has 20 heavy (non-hydrogen) atoms. The summed E-state index contributed by atoms with van der Waals surface area (Å²) < 4.78 is 0. The van der Waals surface area contributed by atoms with Gasteiger partial charge in [-0.3, -0.25) is 9.69 Å². The zero-order valence-corrected chi connectivity index (χ0v) is 13.1. The molecule has 1 saturated heterocycles. The largest absolute Gasteiger partial charge is 0.297 e. The first kappa shape index (κ1) is 15.2. The van der Waals surface area contributed by atoms with Crippen molar-refractivity contribution in [2.24, 2.45) is 0 Å². The highest BCUT2D eigenvalue weighted by atomic mass is 16.1. The third-order valence-corrected chi connectivity index (χ3v) is 4.53. The van der Waals surface area contributed by atoms with Gasteiger partial charge in [-0.25, -0.2) is 0 Å². The molecule has 0 radical (unpaired) electrons. The van der Waals surface area contributed by atoms with E-state index in [0.29, 0.717) is 12.2 Å². The Hall–Kier alpha value is -1.15. The Kier molecular flexibility index (Phi) is 4.98. The van der Waals surface area contributed by atoms with Crippen molar-refractivity contribution in [3.8, 4) is 0 Å². The molecule has 0 atom stereocenters. The summed E-state index contributed by atoms with van der Waals surface area (Å²) in [6.45, 7) is 8.39. The lowest BCUT2D eigenvalue weighted by Gasteiger charge is -2.36. The van der Waals surface area contributed by atoms with E-state index in [9.17, 15) is 4.79 Å². The summed E-state index contributed by atoms with van der Waals surface area (Å²) in [6.07, 6.45) is 5.60. The van der Waals surface area contributed by atoms with Crippen LogP contribution in [0.1, 0.15) is 50.7 Å². The van der Waals surface area contributed by atoms with Crippen LogP contribution in [0, 0.1) is 6.92 Å². The summed E-state index contributed by atoms with van der Waals surface area (Å²) in [7, 11) is 0. The van der Waals surface area contributed by atoms with Gasteiger partial charge < -0.3 is 0 Å². The van der Waals surface area contributed by atoms with Crippen molar-refractivity contribution in [2.75, 3.05) is 13.1 Å². The van der Waals surface area contributed by atoms with Gasteiger partial charge in [-0.15, -0.1) is 0 Å². The summed E-state index contributed by atoms with van der Waals surface area (Å²) in [6, 6.07) is 8.30. The number of hydrogen-bond donors (Lipinski definition) is 0. The van der Waals surface area contributed by atoms with Crippen molar-refractivity contribution in [3.05, 3.63) is 35.4 Å². The van der Waals surface area contributed by atoms with E-state index >= 15 is 0 Å². The summed E-state index contributed by atoms with van der Waals surface area (Å²) >= 11 is 0. The molecule has 0 N–H and O–H groups in total. The van der Waals surface area contributed by atoms with E-state index < -0.39 is 0 Å². The second-order valence-corrected chi connectivity index (χ2v) is 6.55. The van der Waals surface area contributed by atoms with Crippen LogP contribution in [0.15, 0.2) is 24.3 Å². The van der Waals surface area contributed by atoms with Gasteiger partial charge in [0.2, 0.25) is 0 Å². The minimum Gasteiger partial charge on any atom is -0.297 e. The maximum Gasteiger partial charge on any atom is 0.156 e. The number of carbonyl (C=O) groups is 1. The molecule has 0 saturated carbocycles. The van der Waals surface area contributed by atoms with Crippen molar-refractivity contribution >= 4 is 5.78 Å². The lowest BCUT2D eigenvalue weighted by atomic mass is 9.91. The first-order valence-electron chi connectivity index (χ1n) is 7.84. The average molecular weight is 273 g/mol. The molecule has 1 aliphatic heterocycles. The number of aryl methyl sites for hydroxylation is 1. The number of likely N-dealkylation sites (tertiary alicyclic amines) is 1. The Labute approximate surface area is 123 Å². The number of rotatable bonds is 4. The van der Waals surface area contributed by atoms with E-state index in [2.05, 4.69) is 43.9 Å². The summed E-state index contributed by atoms with van der Waals surface area (Å²) in [5.41, 5.74) is 2.02. The van der Waals surface area contributed by atoms with Crippen LogP contribution in [-0.2, 0) is 11.2 Å². The Morgan fingerprint density at radius 3 is 2.40 bits per heavy atom. The van der Waals surface area contributed by atoms with Gasteiger partial charge in [0.05, 0.1) is 5.54 Å². The highest BCUT2D eigenvalue weighted by Gasteiger charge is 2.34. The minimum absolute atomic E-state index is 0.338. The number of nitrogens with zero attached hydrogens (tertiary/aromatic N) is 1. The van der Waals surface area contributed by atoms with E-state index in [-0.39, 0.29) is 5.54 Å². The van der Waals surface area contributed by atoms with E-state index in [1.807, 2.05) is 6.07 Å². The van der Waals surface area contributed by atoms with Gasteiger partial charge in [0.15, 0.2) is 5.78 Å². The second-order valence-electron chi connectivity index (χ2n) is 6.55. The number of hydrogen-bond acceptors (Lipinski definition) is 2. The van der Waals surface area contributed by atoms with Crippen LogP contribution in [0.3, 0.4) is 0 Å². The predicted molar refractivity (Wildman–Crippen MR) is 84.0 cm³/mol. The molecular formula is C18H27NO. The van der Waals surface area contributed by atoms with Gasteiger partial charge in [0, 0.05) is 6.42 Å². The van der Waals surface area contributed by atoms with Gasteiger partial charge >= 0.3 is 0 Å². The van der Waals surface area contributed by atoms with E-state index in [4.69, 9.17) is 0 Å². The van der Waals surface area contributed by atoms with Gasteiger partial charge in [-0.05, 0) is 52.3 Å². The van der Waals surface area contributed by atoms with Gasteiger partial charge in [0.25, 0.3) is 0 Å². The smallest absolute Gasteiger partial charge is 0.156 e. The monoisotopic (exact) mass is 273 g/mol. The lowest BCUT2D eigenvalue weighted by molar-refractivity contribution is -0.128. The fraction of sp³-hybridized carbons (Fsp3) is 0.611. The quantitative estimate of drug-likeness (QED) is 0.832. The van der Waals surface area contributed by atoms with E-state index in [0.717, 1.165) is 18.7 Å². The number of benzene rings is 1. The average Bonchev–Trinajstić information content (AvgIpc) is 2.67. The number of carbonyl (C=O) groups excluding carboxylic acids is 1. The van der Waals surface area contributed by atoms with Crippen LogP contribution in [0.4, 0.5) is 0 Å². The molecule has 1 aromatic carbocycles. The molecule has 1 fully saturated rings. The summed E-state index contributed by atoms with van der Waals surface area (Å²) in [4.78, 5) is 15.1. The fourth-order valence-electron chi connectivity index (χ4n) is 3.03. The molecule has 110 valence electrons. The van der Waals surface area contributed by atoms with Crippen LogP contribution in [-0.4, -0.2) is 29.3 Å². The zero-order valence-electron chi connectivity index (χ0n) is 13.1. The Morgan fingerprint density at radius 1 is 1.15 bits per heavy atom. The second kappa shape index (κ2) is 6.53. The maximum atomic E-state index is 12.7. The highest BCUT2D eigenvalue weighted by molar-refractivity contribution is 5.89. The molecule has 1 aromatic rings. The van der Waals surface area contributed by atoms with Crippen molar-refractivity contribution < 1.29 is 4.79 Å². The molecule has 0 spiro atoms. The Balaban J connectivity index is 2.05.